The average molecular weight is 508 g/mol. The van der Waals surface area contributed by atoms with Crippen LogP contribution in [0.2, 0.25) is 0 Å². The van der Waals surface area contributed by atoms with E-state index in [0.29, 0.717) is 39.8 Å². The van der Waals surface area contributed by atoms with Crippen LogP contribution in [0.3, 0.4) is 0 Å². The third kappa shape index (κ3) is 4.14. The van der Waals surface area contributed by atoms with Gasteiger partial charge in [0.25, 0.3) is 0 Å². The van der Waals surface area contributed by atoms with Crippen LogP contribution < -0.4 is 0 Å². The van der Waals surface area contributed by atoms with Gasteiger partial charge in [0, 0.05) is 46.7 Å². The number of benzene rings is 3. The van der Waals surface area contributed by atoms with E-state index in [2.05, 4.69) is 19.9 Å². The maximum Gasteiger partial charge on any atom is 0.180 e. The molecule has 7 aromatic rings. The van der Waals surface area contributed by atoms with Gasteiger partial charge >= 0.3 is 0 Å². The van der Waals surface area contributed by atoms with Gasteiger partial charge in [-0.1, -0.05) is 48.5 Å². The first-order chi connectivity index (χ1) is 19.2. The first-order valence-electron chi connectivity index (χ1n) is 12.3. The van der Waals surface area contributed by atoms with E-state index in [0.717, 1.165) is 27.4 Å². The van der Waals surface area contributed by atoms with Crippen LogP contribution in [0.4, 0.5) is 4.39 Å². The van der Waals surface area contributed by atoms with Crippen molar-refractivity contribution in [1.29, 1.82) is 0 Å². The third-order valence-electron chi connectivity index (χ3n) is 6.40. The quantitative estimate of drug-likeness (QED) is 0.266. The molecule has 4 aromatic heterocycles. The van der Waals surface area contributed by atoms with Crippen LogP contribution in [0.15, 0.2) is 110 Å². The highest BCUT2D eigenvalue weighted by atomic mass is 19.1. The second kappa shape index (κ2) is 9.42. The second-order valence-corrected chi connectivity index (χ2v) is 8.86. The van der Waals surface area contributed by atoms with Gasteiger partial charge in [0.2, 0.25) is 0 Å². The topological polar surface area (TPSA) is 90.2 Å². The van der Waals surface area contributed by atoms with Crippen LogP contribution in [0.5, 0.6) is 0 Å². The summed E-state index contributed by atoms with van der Waals surface area (Å²) in [4.78, 5) is 32.2. The van der Waals surface area contributed by atoms with Gasteiger partial charge < -0.3 is 0 Å². The Bertz CT molecular complexity index is 1990. The van der Waals surface area contributed by atoms with Crippen LogP contribution in [0.1, 0.15) is 0 Å². The summed E-state index contributed by atoms with van der Waals surface area (Å²) >= 11 is 0. The van der Waals surface area contributed by atoms with Crippen molar-refractivity contribution in [3.8, 4) is 45.4 Å². The molecule has 7 nitrogen and oxygen atoms in total. The molecule has 0 atom stereocenters. The van der Waals surface area contributed by atoms with Gasteiger partial charge in [0.15, 0.2) is 11.6 Å². The van der Waals surface area contributed by atoms with Gasteiger partial charge in [-0.15, -0.1) is 0 Å². The van der Waals surface area contributed by atoms with Crippen molar-refractivity contribution in [2.24, 2.45) is 0 Å². The number of aromatic nitrogens is 7. The molecule has 3 aromatic carbocycles. The van der Waals surface area contributed by atoms with Crippen LogP contribution in [-0.2, 0) is 0 Å². The molecule has 0 saturated heterocycles. The van der Waals surface area contributed by atoms with Crippen molar-refractivity contribution in [2.45, 2.75) is 0 Å². The van der Waals surface area contributed by atoms with Crippen molar-refractivity contribution in [3.63, 3.8) is 0 Å². The summed E-state index contributed by atoms with van der Waals surface area (Å²) in [6, 6.07) is 24.0. The number of pyridine rings is 1. The molecule has 4 heterocycles. The molecule has 0 aliphatic carbocycles. The smallest absolute Gasteiger partial charge is 0.180 e. The van der Waals surface area contributed by atoms with Gasteiger partial charge in [-0.2, -0.15) is 0 Å². The minimum Gasteiger partial charge on any atom is -0.263 e. The van der Waals surface area contributed by atoms with Crippen molar-refractivity contribution in [3.05, 3.63) is 116 Å². The van der Waals surface area contributed by atoms with Gasteiger partial charge in [-0.3, -0.25) is 9.97 Å². The Morgan fingerprint density at radius 1 is 0.538 bits per heavy atom. The Hall–Kier alpha value is -5.50. The first-order valence-corrected chi connectivity index (χ1v) is 12.3. The molecule has 39 heavy (non-hydrogen) atoms. The number of hydrogen-bond acceptors (Lipinski definition) is 7. The van der Waals surface area contributed by atoms with Gasteiger partial charge in [-0.05, 0) is 30.3 Å². The second-order valence-electron chi connectivity index (χ2n) is 8.86. The largest absolute Gasteiger partial charge is 0.263 e. The molecule has 0 bridgehead atoms. The van der Waals surface area contributed by atoms with E-state index in [-0.39, 0.29) is 5.82 Å². The van der Waals surface area contributed by atoms with Gasteiger partial charge in [-0.25, -0.2) is 29.3 Å². The lowest BCUT2D eigenvalue weighted by atomic mass is 10.0. The number of fused-ring (bicyclic) bond motifs is 2. The van der Waals surface area contributed by atoms with Crippen molar-refractivity contribution in [2.75, 3.05) is 0 Å². The fraction of sp³-hybridized carbons (Fsp3) is 0. The summed E-state index contributed by atoms with van der Waals surface area (Å²) in [7, 11) is 0. The third-order valence-corrected chi connectivity index (χ3v) is 6.40. The Labute approximate surface area is 222 Å². The Kier molecular flexibility index (Phi) is 5.48. The van der Waals surface area contributed by atoms with Crippen molar-refractivity contribution in [1.82, 2.24) is 34.9 Å². The zero-order valence-corrected chi connectivity index (χ0v) is 20.4. The lowest BCUT2D eigenvalue weighted by Crippen LogP contribution is -1.99. The fourth-order valence-corrected chi connectivity index (χ4v) is 4.58. The summed E-state index contributed by atoms with van der Waals surface area (Å²) in [6.07, 6.45) is 8.37. The molecule has 0 N–H and O–H groups in total. The molecule has 0 amide bonds. The molecule has 0 fully saturated rings. The number of halogens is 1. The van der Waals surface area contributed by atoms with E-state index in [1.165, 1.54) is 6.07 Å². The average Bonchev–Trinajstić information content (AvgIpc) is 3.00. The molecular weight excluding hydrogens is 489 g/mol. The zero-order chi connectivity index (χ0) is 26.2. The first kappa shape index (κ1) is 22.7. The molecule has 0 aliphatic rings. The molecule has 0 radical (unpaired) electrons. The zero-order valence-electron chi connectivity index (χ0n) is 20.4. The Morgan fingerprint density at radius 3 is 1.82 bits per heavy atom. The highest BCUT2D eigenvalue weighted by Crippen LogP contribution is 2.33. The summed E-state index contributed by atoms with van der Waals surface area (Å²) in [5.41, 5.74) is 5.31. The highest BCUT2D eigenvalue weighted by Gasteiger charge is 2.17. The summed E-state index contributed by atoms with van der Waals surface area (Å²) in [5, 5.41) is 1.72. The minimum absolute atomic E-state index is 0.310. The molecule has 7 rings (SSSR count). The fourth-order valence-electron chi connectivity index (χ4n) is 4.58. The standard InChI is InChI=1S/C31H18FN7/c32-24-10-4-1-7-21(24)30-36-25-11-5-2-8-22(25)28(38-30)19-15-20(17-34-16-19)29-23-9-3-6-12-26(23)37-31(39-29)27-18-33-13-14-35-27/h1-18H. The SMILES string of the molecule is Fc1ccccc1-c1nc(-c2cncc(-c3nc(-c4cnccn4)nc4ccccc34)c2)c2ccccc2n1. The molecular formula is C31H18FN7. The Balaban J connectivity index is 1.44. The van der Waals surface area contributed by atoms with Crippen LogP contribution in [0.25, 0.3) is 67.2 Å². The molecule has 0 unspecified atom stereocenters. The van der Waals surface area contributed by atoms with Gasteiger partial charge in [0.1, 0.15) is 11.5 Å². The summed E-state index contributed by atoms with van der Waals surface area (Å²) < 4.78 is 14.7. The van der Waals surface area contributed by atoms with E-state index < -0.39 is 0 Å². The van der Waals surface area contributed by atoms with Crippen LogP contribution in [-0.4, -0.2) is 34.9 Å². The van der Waals surface area contributed by atoms with E-state index in [4.69, 9.17) is 15.0 Å². The van der Waals surface area contributed by atoms with Gasteiger partial charge in [0.05, 0.1) is 34.2 Å². The minimum atomic E-state index is -0.380. The number of para-hydroxylation sites is 2. The summed E-state index contributed by atoms with van der Waals surface area (Å²) in [6.45, 7) is 0. The molecule has 0 saturated carbocycles. The number of hydrogen-bond donors (Lipinski definition) is 0. The lowest BCUT2D eigenvalue weighted by molar-refractivity contribution is 0.630. The van der Waals surface area contributed by atoms with E-state index in [1.54, 1.807) is 49.2 Å². The maximum absolute atomic E-state index is 14.7. The predicted octanol–water partition coefficient (Wildman–Crippen LogP) is 6.57. The number of rotatable bonds is 4. The van der Waals surface area contributed by atoms with E-state index in [1.807, 2.05) is 54.6 Å². The Morgan fingerprint density at radius 2 is 1.15 bits per heavy atom. The molecule has 0 aliphatic heterocycles. The van der Waals surface area contributed by atoms with Crippen molar-refractivity contribution < 1.29 is 4.39 Å². The van der Waals surface area contributed by atoms with E-state index >= 15 is 0 Å². The monoisotopic (exact) mass is 507 g/mol. The van der Waals surface area contributed by atoms with E-state index in [9.17, 15) is 4.39 Å². The highest BCUT2D eigenvalue weighted by molar-refractivity contribution is 5.96. The summed E-state index contributed by atoms with van der Waals surface area (Å²) in [5.74, 6) is 0.399. The number of nitrogens with zero attached hydrogens (tertiary/aromatic N) is 7. The lowest BCUT2D eigenvalue weighted by Gasteiger charge is -2.12. The van der Waals surface area contributed by atoms with Crippen LogP contribution in [0, 0.1) is 5.82 Å². The maximum atomic E-state index is 14.7. The predicted molar refractivity (Wildman–Crippen MR) is 148 cm³/mol. The molecule has 8 heteroatoms. The molecule has 184 valence electrons. The van der Waals surface area contributed by atoms with Crippen LogP contribution >= 0.6 is 0 Å². The van der Waals surface area contributed by atoms with Crippen molar-refractivity contribution >= 4 is 21.8 Å². The molecule has 0 spiro atoms. The normalized spacial score (nSPS) is 11.2.